The lowest BCUT2D eigenvalue weighted by Crippen LogP contribution is -2.56. The highest BCUT2D eigenvalue weighted by Gasteiger charge is 2.46. The van der Waals surface area contributed by atoms with Crippen LogP contribution in [0.25, 0.3) is 11.3 Å². The van der Waals surface area contributed by atoms with Gasteiger partial charge in [0.15, 0.2) is 0 Å². The summed E-state index contributed by atoms with van der Waals surface area (Å²) in [5, 5.41) is -0.0284. The Morgan fingerprint density at radius 2 is 1.81 bits per heavy atom. The maximum absolute atomic E-state index is 13.7. The Bertz CT molecular complexity index is 1280. The molecule has 2 atom stereocenters. The number of carbonyl (C=O) groups is 1. The lowest BCUT2D eigenvalue weighted by Gasteiger charge is -2.42. The number of nitrogens with zero attached hydrogens (tertiary/aromatic N) is 4. The lowest BCUT2D eigenvalue weighted by molar-refractivity contribution is -0.137. The number of aromatic nitrogens is 1. The number of rotatable bonds is 4. The standard InChI is InChI=1S/C26H24ClF3N4O2/c1-16-13-33-19(15-34(25(33)35)23-10-7-17(27)11-21(23)26(28,29)30)14-32(16)18-8-9-22(31-12-18)20-5-3-4-6-24(20)36-2/h3-12,16,19H,13-15H2,1-2H3/t16-,19+/m1/s1. The predicted molar refractivity (Wildman–Crippen MR) is 133 cm³/mol. The van der Waals surface area contributed by atoms with Gasteiger partial charge in [0.25, 0.3) is 0 Å². The molecule has 188 valence electrons. The van der Waals surface area contributed by atoms with E-state index in [0.717, 1.165) is 28.8 Å². The number of amides is 2. The van der Waals surface area contributed by atoms with Gasteiger partial charge in [-0.25, -0.2) is 4.79 Å². The second-order valence-corrected chi connectivity index (χ2v) is 9.40. The topological polar surface area (TPSA) is 48.9 Å². The van der Waals surface area contributed by atoms with Gasteiger partial charge in [0.05, 0.1) is 42.0 Å². The zero-order valence-electron chi connectivity index (χ0n) is 19.7. The van der Waals surface area contributed by atoms with Crippen molar-refractivity contribution in [2.45, 2.75) is 25.2 Å². The molecule has 0 unspecified atom stereocenters. The molecule has 2 aliphatic rings. The van der Waals surface area contributed by atoms with Gasteiger partial charge >= 0.3 is 12.2 Å². The molecule has 6 nitrogen and oxygen atoms in total. The quantitative estimate of drug-likeness (QED) is 0.430. The van der Waals surface area contributed by atoms with E-state index in [2.05, 4.69) is 9.88 Å². The van der Waals surface area contributed by atoms with Gasteiger partial charge in [-0.3, -0.25) is 9.88 Å². The first kappa shape index (κ1) is 24.2. The number of para-hydroxylation sites is 1. The third-order valence-corrected chi connectivity index (χ3v) is 6.96. The van der Waals surface area contributed by atoms with Gasteiger partial charge in [-0.15, -0.1) is 0 Å². The van der Waals surface area contributed by atoms with Crippen LogP contribution in [0, 0.1) is 0 Å². The minimum atomic E-state index is -4.63. The van der Waals surface area contributed by atoms with E-state index in [1.54, 1.807) is 18.2 Å². The second-order valence-electron chi connectivity index (χ2n) is 8.96. The average Bonchev–Trinajstić information content (AvgIpc) is 3.18. The summed E-state index contributed by atoms with van der Waals surface area (Å²) in [6.07, 6.45) is -2.85. The van der Waals surface area contributed by atoms with Crippen LogP contribution in [0.1, 0.15) is 12.5 Å². The number of urea groups is 1. The summed E-state index contributed by atoms with van der Waals surface area (Å²) in [6.45, 7) is 3.01. The van der Waals surface area contributed by atoms with Crippen LogP contribution in [0.4, 0.5) is 29.3 Å². The van der Waals surface area contributed by atoms with Gasteiger partial charge in [-0.2, -0.15) is 13.2 Å². The predicted octanol–water partition coefficient (Wildman–Crippen LogP) is 5.95. The van der Waals surface area contributed by atoms with Crippen molar-refractivity contribution >= 4 is 29.0 Å². The van der Waals surface area contributed by atoms with Crippen LogP contribution in [-0.4, -0.2) is 54.7 Å². The Hall–Kier alpha value is -3.46. The molecule has 1 aromatic heterocycles. The molecule has 2 saturated heterocycles. The Morgan fingerprint density at radius 1 is 1.03 bits per heavy atom. The summed E-state index contributed by atoms with van der Waals surface area (Å²) in [6, 6.07) is 14.3. The van der Waals surface area contributed by atoms with Gasteiger partial charge in [0, 0.05) is 36.3 Å². The number of hydrogen-bond acceptors (Lipinski definition) is 4. The number of pyridine rings is 1. The Morgan fingerprint density at radius 3 is 2.50 bits per heavy atom. The van der Waals surface area contributed by atoms with Gasteiger partial charge < -0.3 is 14.5 Å². The van der Waals surface area contributed by atoms with Crippen molar-refractivity contribution in [1.82, 2.24) is 9.88 Å². The number of carbonyl (C=O) groups excluding carboxylic acids is 1. The number of piperazine rings is 1. The summed E-state index contributed by atoms with van der Waals surface area (Å²) in [7, 11) is 1.61. The summed E-state index contributed by atoms with van der Waals surface area (Å²) in [4.78, 5) is 22.8. The van der Waals surface area contributed by atoms with Crippen molar-refractivity contribution in [3.63, 3.8) is 0 Å². The maximum atomic E-state index is 13.7. The van der Waals surface area contributed by atoms with E-state index in [9.17, 15) is 18.0 Å². The van der Waals surface area contributed by atoms with E-state index in [1.165, 1.54) is 17.0 Å². The largest absolute Gasteiger partial charge is 0.496 e. The summed E-state index contributed by atoms with van der Waals surface area (Å²) in [5.74, 6) is 0.727. The number of halogens is 4. The molecule has 10 heteroatoms. The number of ether oxygens (including phenoxy) is 1. The fourth-order valence-corrected chi connectivity index (χ4v) is 5.15. The first-order valence-corrected chi connectivity index (χ1v) is 11.9. The van der Waals surface area contributed by atoms with E-state index in [0.29, 0.717) is 13.1 Å². The number of methoxy groups -OCH3 is 1. The van der Waals surface area contributed by atoms with Crippen molar-refractivity contribution < 1.29 is 22.7 Å². The number of alkyl halides is 3. The van der Waals surface area contributed by atoms with E-state index in [-0.39, 0.29) is 29.3 Å². The van der Waals surface area contributed by atoms with Gasteiger partial charge in [0.1, 0.15) is 5.75 Å². The number of fused-ring (bicyclic) bond motifs is 1. The van der Waals surface area contributed by atoms with Gasteiger partial charge in [0.2, 0.25) is 0 Å². The van der Waals surface area contributed by atoms with Crippen LogP contribution < -0.4 is 14.5 Å². The highest BCUT2D eigenvalue weighted by atomic mass is 35.5. The fourth-order valence-electron chi connectivity index (χ4n) is 4.98. The van der Waals surface area contributed by atoms with E-state index in [1.807, 2.05) is 43.3 Å². The highest BCUT2D eigenvalue weighted by molar-refractivity contribution is 6.30. The van der Waals surface area contributed by atoms with E-state index >= 15 is 0 Å². The molecule has 3 heterocycles. The molecule has 36 heavy (non-hydrogen) atoms. The molecule has 0 N–H and O–H groups in total. The SMILES string of the molecule is COc1ccccc1-c1ccc(N2C[C@H]3CN(c4ccc(Cl)cc4C(F)(F)F)C(=O)N3C[C@H]2C)cn1. The smallest absolute Gasteiger partial charge is 0.418 e. The molecule has 2 amide bonds. The van der Waals surface area contributed by atoms with Gasteiger partial charge in [-0.05, 0) is 49.4 Å². The van der Waals surface area contributed by atoms with Crippen molar-refractivity contribution in [3.05, 3.63) is 71.4 Å². The molecule has 5 rings (SSSR count). The molecular formula is C26H24ClF3N4O2. The van der Waals surface area contributed by atoms with Crippen molar-refractivity contribution in [2.24, 2.45) is 0 Å². The third kappa shape index (κ3) is 4.32. The Balaban J connectivity index is 1.38. The molecule has 0 bridgehead atoms. The summed E-state index contributed by atoms with van der Waals surface area (Å²) < 4.78 is 46.5. The first-order valence-electron chi connectivity index (χ1n) is 11.5. The number of hydrogen-bond donors (Lipinski definition) is 0. The normalized spacial score (nSPS) is 20.1. The molecule has 2 fully saturated rings. The van der Waals surface area contributed by atoms with Crippen LogP contribution in [0.2, 0.25) is 5.02 Å². The maximum Gasteiger partial charge on any atom is 0.418 e. The minimum Gasteiger partial charge on any atom is -0.496 e. The lowest BCUT2D eigenvalue weighted by atomic mass is 10.1. The summed E-state index contributed by atoms with van der Waals surface area (Å²) >= 11 is 5.83. The van der Waals surface area contributed by atoms with E-state index in [4.69, 9.17) is 16.3 Å². The molecule has 0 aliphatic carbocycles. The van der Waals surface area contributed by atoms with Crippen molar-refractivity contribution in [3.8, 4) is 17.0 Å². The summed E-state index contributed by atoms with van der Waals surface area (Å²) in [5.41, 5.74) is 1.45. The molecule has 2 aromatic carbocycles. The molecular weight excluding hydrogens is 493 g/mol. The molecule has 0 radical (unpaired) electrons. The Labute approximate surface area is 211 Å². The number of anilines is 2. The highest BCUT2D eigenvalue weighted by Crippen LogP contribution is 2.41. The van der Waals surface area contributed by atoms with Gasteiger partial charge in [-0.1, -0.05) is 23.7 Å². The van der Waals surface area contributed by atoms with Crippen LogP contribution in [0.5, 0.6) is 5.75 Å². The number of benzene rings is 2. The zero-order chi connectivity index (χ0) is 25.6. The van der Waals surface area contributed by atoms with E-state index < -0.39 is 17.8 Å². The minimum absolute atomic E-state index is 0.0284. The third-order valence-electron chi connectivity index (χ3n) is 6.73. The monoisotopic (exact) mass is 516 g/mol. The van der Waals surface area contributed by atoms with Crippen LogP contribution in [0.15, 0.2) is 60.8 Å². The van der Waals surface area contributed by atoms with Crippen molar-refractivity contribution in [1.29, 1.82) is 0 Å². The average molecular weight is 517 g/mol. The zero-order valence-corrected chi connectivity index (χ0v) is 20.4. The van der Waals surface area contributed by atoms with Crippen molar-refractivity contribution in [2.75, 3.05) is 36.5 Å². The van der Waals surface area contributed by atoms with Crippen LogP contribution in [-0.2, 0) is 6.18 Å². The Kier molecular flexibility index (Phi) is 6.20. The first-order chi connectivity index (χ1) is 17.2. The molecule has 0 spiro atoms. The second kappa shape index (κ2) is 9.20. The molecule has 2 aliphatic heterocycles. The van der Waals surface area contributed by atoms with Crippen LogP contribution in [0.3, 0.4) is 0 Å². The fraction of sp³-hybridized carbons (Fsp3) is 0.308. The van der Waals surface area contributed by atoms with Crippen LogP contribution >= 0.6 is 11.6 Å². The molecule has 0 saturated carbocycles. The molecule has 3 aromatic rings.